The number of hydrogen-bond acceptors (Lipinski definition) is 3. The quantitative estimate of drug-likeness (QED) is 0.818. The van der Waals surface area contributed by atoms with Crippen LogP contribution in [0.4, 0.5) is 0 Å². The van der Waals surface area contributed by atoms with Crippen LogP contribution >= 0.6 is 0 Å². The van der Waals surface area contributed by atoms with E-state index in [1.807, 2.05) is 41.0 Å². The van der Waals surface area contributed by atoms with Gasteiger partial charge in [0, 0.05) is 50.4 Å². The molecule has 1 aromatic rings. The van der Waals surface area contributed by atoms with E-state index in [4.69, 9.17) is 4.74 Å². The molecule has 2 amide bonds. The van der Waals surface area contributed by atoms with Crippen molar-refractivity contribution in [3.05, 3.63) is 35.4 Å². The van der Waals surface area contributed by atoms with Crippen molar-refractivity contribution in [2.24, 2.45) is 11.3 Å². The Morgan fingerprint density at radius 2 is 1.77 bits per heavy atom. The molecule has 0 unspecified atom stereocenters. The Morgan fingerprint density at radius 1 is 1.08 bits per heavy atom. The highest BCUT2D eigenvalue weighted by atomic mass is 16.5. The minimum absolute atomic E-state index is 0.0608. The molecule has 0 bridgehead atoms. The summed E-state index contributed by atoms with van der Waals surface area (Å²) in [5.74, 6) is 0.229. The molecule has 1 spiro atoms. The fourth-order valence-electron chi connectivity index (χ4n) is 4.89. The van der Waals surface area contributed by atoms with Gasteiger partial charge in [0.05, 0.1) is 5.92 Å². The van der Waals surface area contributed by atoms with E-state index < -0.39 is 0 Å². The highest BCUT2D eigenvalue weighted by Crippen LogP contribution is 2.45. The number of carbonyl (C=O) groups excluding carboxylic acids is 2. The molecule has 140 valence electrons. The Balaban J connectivity index is 1.60. The van der Waals surface area contributed by atoms with E-state index in [0.717, 1.165) is 49.9 Å². The number of hydrogen-bond donors (Lipinski definition) is 0. The van der Waals surface area contributed by atoms with Crippen LogP contribution < -0.4 is 0 Å². The van der Waals surface area contributed by atoms with Crippen LogP contribution in [0.2, 0.25) is 0 Å². The third-order valence-corrected chi connectivity index (χ3v) is 6.52. The smallest absolute Gasteiger partial charge is 0.254 e. The van der Waals surface area contributed by atoms with Gasteiger partial charge in [-0.15, -0.1) is 0 Å². The zero-order chi connectivity index (χ0) is 18.1. The van der Waals surface area contributed by atoms with Crippen LogP contribution in [-0.2, 0) is 9.53 Å². The van der Waals surface area contributed by atoms with E-state index in [0.29, 0.717) is 26.3 Å². The summed E-state index contributed by atoms with van der Waals surface area (Å²) in [5.41, 5.74) is 1.63. The highest BCUT2D eigenvalue weighted by molar-refractivity contribution is 5.96. The number of carbonyl (C=O) groups is 2. The van der Waals surface area contributed by atoms with E-state index in [2.05, 4.69) is 0 Å². The Hall–Kier alpha value is -1.88. The first-order valence-electron chi connectivity index (χ1n) is 9.82. The number of nitrogens with zero attached hydrogens (tertiary/aromatic N) is 2. The maximum atomic E-state index is 13.2. The molecule has 1 atom stereocenters. The summed E-state index contributed by atoms with van der Waals surface area (Å²) in [6.45, 7) is 6.31. The lowest BCUT2D eigenvalue weighted by Crippen LogP contribution is -2.45. The van der Waals surface area contributed by atoms with Gasteiger partial charge in [0.1, 0.15) is 0 Å². The van der Waals surface area contributed by atoms with Gasteiger partial charge in [-0.05, 0) is 44.2 Å². The van der Waals surface area contributed by atoms with E-state index in [1.165, 1.54) is 0 Å². The molecule has 5 nitrogen and oxygen atoms in total. The summed E-state index contributed by atoms with van der Waals surface area (Å²) < 4.78 is 5.58. The van der Waals surface area contributed by atoms with E-state index in [1.54, 1.807) is 0 Å². The van der Waals surface area contributed by atoms with Gasteiger partial charge in [-0.3, -0.25) is 9.59 Å². The third-order valence-electron chi connectivity index (χ3n) is 6.52. The normalized spacial score (nSPS) is 25.0. The average Bonchev–Trinajstić information content (AvgIpc) is 3.31. The van der Waals surface area contributed by atoms with E-state index >= 15 is 0 Å². The van der Waals surface area contributed by atoms with E-state index in [9.17, 15) is 9.59 Å². The van der Waals surface area contributed by atoms with Crippen molar-refractivity contribution < 1.29 is 14.3 Å². The van der Waals surface area contributed by atoms with Crippen LogP contribution in [0.25, 0.3) is 0 Å². The molecular weight excluding hydrogens is 328 g/mol. The van der Waals surface area contributed by atoms with Crippen LogP contribution in [0.5, 0.6) is 0 Å². The van der Waals surface area contributed by atoms with Gasteiger partial charge in [-0.1, -0.05) is 18.2 Å². The first-order valence-corrected chi connectivity index (χ1v) is 9.82. The topological polar surface area (TPSA) is 49.9 Å². The van der Waals surface area contributed by atoms with Crippen molar-refractivity contribution >= 4 is 11.8 Å². The van der Waals surface area contributed by atoms with Crippen molar-refractivity contribution in [2.45, 2.75) is 32.6 Å². The minimum Gasteiger partial charge on any atom is -0.381 e. The lowest BCUT2D eigenvalue weighted by atomic mass is 9.71. The fraction of sp³-hybridized carbons (Fsp3) is 0.619. The summed E-state index contributed by atoms with van der Waals surface area (Å²) in [6, 6.07) is 7.73. The van der Waals surface area contributed by atoms with Crippen LogP contribution in [-0.4, -0.2) is 61.0 Å². The second-order valence-corrected chi connectivity index (χ2v) is 8.06. The predicted octanol–water partition coefficient (Wildman–Crippen LogP) is 2.49. The number of likely N-dealkylation sites (tertiary alicyclic amines) is 2. The second kappa shape index (κ2) is 7.03. The lowest BCUT2D eigenvalue weighted by molar-refractivity contribution is -0.139. The Bertz CT molecular complexity index is 690. The van der Waals surface area contributed by atoms with Gasteiger partial charge in [0.25, 0.3) is 5.91 Å². The summed E-state index contributed by atoms with van der Waals surface area (Å²) in [7, 11) is 0. The molecule has 0 N–H and O–H groups in total. The summed E-state index contributed by atoms with van der Waals surface area (Å²) in [6.07, 6.45) is 3.93. The van der Waals surface area contributed by atoms with Gasteiger partial charge < -0.3 is 14.5 Å². The maximum Gasteiger partial charge on any atom is 0.254 e. The van der Waals surface area contributed by atoms with Gasteiger partial charge in [0.2, 0.25) is 5.91 Å². The number of benzene rings is 1. The van der Waals surface area contributed by atoms with Gasteiger partial charge >= 0.3 is 0 Å². The highest BCUT2D eigenvalue weighted by Gasteiger charge is 2.52. The molecule has 0 aromatic heterocycles. The molecule has 0 aliphatic carbocycles. The zero-order valence-corrected chi connectivity index (χ0v) is 15.6. The summed E-state index contributed by atoms with van der Waals surface area (Å²) in [4.78, 5) is 30.3. The average molecular weight is 356 g/mol. The molecular formula is C21H28N2O3. The van der Waals surface area contributed by atoms with Crippen molar-refractivity contribution in [3.8, 4) is 0 Å². The first kappa shape index (κ1) is 17.5. The van der Waals surface area contributed by atoms with Crippen LogP contribution in [0.15, 0.2) is 24.3 Å². The third kappa shape index (κ3) is 3.02. The molecule has 5 heteroatoms. The van der Waals surface area contributed by atoms with Gasteiger partial charge in [0.15, 0.2) is 0 Å². The Labute approximate surface area is 155 Å². The molecule has 3 heterocycles. The lowest BCUT2D eigenvalue weighted by Gasteiger charge is -2.38. The molecule has 26 heavy (non-hydrogen) atoms. The minimum atomic E-state index is -0.115. The Kier molecular flexibility index (Phi) is 4.74. The molecule has 3 aliphatic rings. The molecule has 3 aliphatic heterocycles. The molecule has 3 saturated heterocycles. The number of rotatable bonds is 2. The standard InChI is InChI=1S/C21H28N2O3/c1-16-6-2-3-7-17(16)19(24)23-14-18(20(25)22-10-4-5-11-22)21(15-23)8-12-26-13-9-21/h2-3,6-7,18H,4-5,8-15H2,1H3/t18-/m0/s1. The SMILES string of the molecule is Cc1ccccc1C(=O)N1C[C@@H](C(=O)N2CCCC2)C2(CCOCC2)C1. The molecule has 4 rings (SSSR count). The van der Waals surface area contributed by atoms with Gasteiger partial charge in [-0.2, -0.15) is 0 Å². The van der Waals surface area contributed by atoms with E-state index in [-0.39, 0.29) is 23.1 Å². The molecule has 0 radical (unpaired) electrons. The first-order chi connectivity index (χ1) is 12.6. The monoisotopic (exact) mass is 356 g/mol. The number of ether oxygens (including phenoxy) is 1. The number of amides is 2. The molecule has 1 aromatic carbocycles. The van der Waals surface area contributed by atoms with Crippen molar-refractivity contribution in [1.82, 2.24) is 9.80 Å². The summed E-state index contributed by atoms with van der Waals surface area (Å²) in [5, 5.41) is 0. The molecule has 0 saturated carbocycles. The van der Waals surface area contributed by atoms with Crippen LogP contribution in [0, 0.1) is 18.3 Å². The molecule has 3 fully saturated rings. The van der Waals surface area contributed by atoms with Gasteiger partial charge in [-0.25, -0.2) is 0 Å². The largest absolute Gasteiger partial charge is 0.381 e. The van der Waals surface area contributed by atoms with Crippen LogP contribution in [0.1, 0.15) is 41.6 Å². The van der Waals surface area contributed by atoms with Crippen molar-refractivity contribution in [2.75, 3.05) is 39.4 Å². The summed E-state index contributed by atoms with van der Waals surface area (Å²) >= 11 is 0. The van der Waals surface area contributed by atoms with Crippen LogP contribution in [0.3, 0.4) is 0 Å². The Morgan fingerprint density at radius 3 is 2.46 bits per heavy atom. The zero-order valence-electron chi connectivity index (χ0n) is 15.6. The predicted molar refractivity (Wildman–Crippen MR) is 98.9 cm³/mol. The fourth-order valence-corrected chi connectivity index (χ4v) is 4.89. The van der Waals surface area contributed by atoms with Crippen molar-refractivity contribution in [3.63, 3.8) is 0 Å². The number of aryl methyl sites for hydroxylation is 1. The maximum absolute atomic E-state index is 13.2. The van der Waals surface area contributed by atoms with Crippen molar-refractivity contribution in [1.29, 1.82) is 0 Å². The second-order valence-electron chi connectivity index (χ2n) is 8.06.